The lowest BCUT2D eigenvalue weighted by atomic mass is 10.1. The van der Waals surface area contributed by atoms with Gasteiger partial charge >= 0.3 is 0 Å². The van der Waals surface area contributed by atoms with Crippen molar-refractivity contribution >= 4 is 12.6 Å². The molecule has 1 aromatic carbocycles. The smallest absolute Gasteiger partial charge is 0.252 e. The van der Waals surface area contributed by atoms with Crippen LogP contribution in [0.25, 0.3) is 11.3 Å². The second-order valence-electron chi connectivity index (χ2n) is 3.95. The van der Waals surface area contributed by atoms with Gasteiger partial charge in [-0.05, 0) is 24.3 Å². The summed E-state index contributed by atoms with van der Waals surface area (Å²) in [7, 11) is 3.16. The fourth-order valence-electron chi connectivity index (χ4n) is 1.80. The van der Waals surface area contributed by atoms with E-state index in [0.717, 1.165) is 11.3 Å². The number of thiol groups is 1. The molecule has 4 nitrogen and oxygen atoms in total. The first-order valence-corrected chi connectivity index (χ1v) is 6.38. The lowest BCUT2D eigenvalue weighted by Crippen LogP contribution is -2.11. The lowest BCUT2D eigenvalue weighted by molar-refractivity contribution is 0.355. The van der Waals surface area contributed by atoms with Crippen LogP contribution < -0.4 is 15.0 Å². The minimum absolute atomic E-state index is 0.123. The summed E-state index contributed by atoms with van der Waals surface area (Å²) in [6, 6.07) is 9.13. The summed E-state index contributed by atoms with van der Waals surface area (Å²) in [4.78, 5) is 14.6. The van der Waals surface area contributed by atoms with E-state index >= 15 is 0 Å². The van der Waals surface area contributed by atoms with E-state index in [1.165, 1.54) is 0 Å². The Bertz CT molecular complexity index is 637. The maximum Gasteiger partial charge on any atom is 0.252 e. The standard InChI is InChI=1S/C14H15NO3S/c1-17-12-6-4-9(7-13(12)18-2)11-5-3-10(8-19)14(16)15-11/h3-7,19H,8H2,1-2H3,(H,15,16). The van der Waals surface area contributed by atoms with Crippen molar-refractivity contribution in [3.05, 3.63) is 46.2 Å². The molecular formula is C14H15NO3S. The first-order chi connectivity index (χ1) is 9.19. The number of aromatic nitrogens is 1. The summed E-state index contributed by atoms with van der Waals surface area (Å²) in [5, 5.41) is 0. The molecule has 100 valence electrons. The summed E-state index contributed by atoms with van der Waals surface area (Å²) in [5.41, 5.74) is 2.12. The van der Waals surface area contributed by atoms with E-state index in [2.05, 4.69) is 17.6 Å². The molecule has 0 fully saturated rings. The Labute approximate surface area is 116 Å². The van der Waals surface area contributed by atoms with Gasteiger partial charge in [-0.25, -0.2) is 0 Å². The first kappa shape index (κ1) is 13.5. The van der Waals surface area contributed by atoms with Gasteiger partial charge in [-0.3, -0.25) is 4.79 Å². The zero-order valence-electron chi connectivity index (χ0n) is 10.8. The third kappa shape index (κ3) is 2.76. The Hall–Kier alpha value is -1.88. The minimum atomic E-state index is -0.123. The molecule has 0 amide bonds. The zero-order chi connectivity index (χ0) is 13.8. The third-order valence-electron chi connectivity index (χ3n) is 2.86. The molecule has 1 N–H and O–H groups in total. The quantitative estimate of drug-likeness (QED) is 0.844. The zero-order valence-corrected chi connectivity index (χ0v) is 11.7. The van der Waals surface area contributed by atoms with Gasteiger partial charge in [0.25, 0.3) is 5.56 Å². The molecule has 2 aromatic rings. The van der Waals surface area contributed by atoms with Crippen LogP contribution in [0.1, 0.15) is 5.56 Å². The summed E-state index contributed by atoms with van der Waals surface area (Å²) < 4.78 is 10.4. The molecule has 0 saturated carbocycles. The highest BCUT2D eigenvalue weighted by Gasteiger charge is 2.07. The molecule has 0 radical (unpaired) electrons. The Morgan fingerprint density at radius 2 is 1.84 bits per heavy atom. The van der Waals surface area contributed by atoms with Crippen molar-refractivity contribution in [1.29, 1.82) is 0 Å². The average molecular weight is 277 g/mol. The van der Waals surface area contributed by atoms with Crippen LogP contribution >= 0.6 is 12.6 Å². The highest BCUT2D eigenvalue weighted by atomic mass is 32.1. The number of ether oxygens (including phenoxy) is 2. The Morgan fingerprint density at radius 1 is 1.11 bits per heavy atom. The molecule has 0 aliphatic rings. The predicted molar refractivity (Wildman–Crippen MR) is 78.3 cm³/mol. The molecule has 0 bridgehead atoms. The number of pyridine rings is 1. The van der Waals surface area contributed by atoms with Gasteiger partial charge in [0.05, 0.1) is 14.2 Å². The normalized spacial score (nSPS) is 10.3. The number of methoxy groups -OCH3 is 2. The Morgan fingerprint density at radius 3 is 2.42 bits per heavy atom. The number of hydrogen-bond donors (Lipinski definition) is 2. The van der Waals surface area contributed by atoms with Crippen LogP contribution in [0, 0.1) is 0 Å². The van der Waals surface area contributed by atoms with Crippen LogP contribution in [0.2, 0.25) is 0 Å². The molecule has 19 heavy (non-hydrogen) atoms. The van der Waals surface area contributed by atoms with E-state index in [-0.39, 0.29) is 5.56 Å². The van der Waals surface area contributed by atoms with Gasteiger partial charge < -0.3 is 14.5 Å². The van der Waals surface area contributed by atoms with Gasteiger partial charge in [-0.2, -0.15) is 12.6 Å². The van der Waals surface area contributed by atoms with Gasteiger partial charge in [-0.15, -0.1) is 0 Å². The maximum absolute atomic E-state index is 11.8. The SMILES string of the molecule is COc1ccc(-c2ccc(CS)c(=O)[nH]2)cc1OC. The number of rotatable bonds is 4. The van der Waals surface area contributed by atoms with Crippen LogP contribution in [0.15, 0.2) is 35.1 Å². The molecule has 0 atom stereocenters. The van der Waals surface area contributed by atoms with Crippen LogP contribution in [-0.2, 0) is 5.75 Å². The second-order valence-corrected chi connectivity index (χ2v) is 4.27. The van der Waals surface area contributed by atoms with Crippen molar-refractivity contribution in [3.63, 3.8) is 0 Å². The van der Waals surface area contributed by atoms with Crippen molar-refractivity contribution in [3.8, 4) is 22.8 Å². The molecule has 1 heterocycles. The van der Waals surface area contributed by atoms with Gasteiger partial charge in [0.1, 0.15) is 0 Å². The van der Waals surface area contributed by atoms with Crippen molar-refractivity contribution < 1.29 is 9.47 Å². The largest absolute Gasteiger partial charge is 0.493 e. The summed E-state index contributed by atoms with van der Waals surface area (Å²) >= 11 is 4.10. The van der Waals surface area contributed by atoms with Crippen LogP contribution in [0.4, 0.5) is 0 Å². The molecule has 1 aromatic heterocycles. The number of aromatic amines is 1. The number of hydrogen-bond acceptors (Lipinski definition) is 4. The van der Waals surface area contributed by atoms with Gasteiger partial charge in [0, 0.05) is 22.6 Å². The number of H-pyrrole nitrogens is 1. The van der Waals surface area contributed by atoms with Gasteiger partial charge in [-0.1, -0.05) is 6.07 Å². The predicted octanol–water partition coefficient (Wildman–Crippen LogP) is 2.49. The Kier molecular flexibility index (Phi) is 4.16. The van der Waals surface area contributed by atoms with E-state index in [9.17, 15) is 4.79 Å². The highest BCUT2D eigenvalue weighted by Crippen LogP contribution is 2.31. The van der Waals surface area contributed by atoms with Gasteiger partial charge in [0.15, 0.2) is 11.5 Å². The Balaban J connectivity index is 2.47. The molecule has 0 aliphatic carbocycles. The van der Waals surface area contributed by atoms with Crippen molar-refractivity contribution in [2.45, 2.75) is 5.75 Å². The lowest BCUT2D eigenvalue weighted by Gasteiger charge is -2.09. The molecule has 0 aliphatic heterocycles. The minimum Gasteiger partial charge on any atom is -0.493 e. The molecule has 0 spiro atoms. The monoisotopic (exact) mass is 277 g/mol. The summed E-state index contributed by atoms with van der Waals surface area (Å²) in [5.74, 6) is 1.70. The van der Waals surface area contributed by atoms with Crippen molar-refractivity contribution in [1.82, 2.24) is 4.98 Å². The van der Waals surface area contributed by atoms with E-state index in [4.69, 9.17) is 9.47 Å². The van der Waals surface area contributed by atoms with Crippen LogP contribution in [-0.4, -0.2) is 19.2 Å². The third-order valence-corrected chi connectivity index (χ3v) is 3.20. The van der Waals surface area contributed by atoms with Crippen molar-refractivity contribution in [2.75, 3.05) is 14.2 Å². The number of nitrogens with one attached hydrogen (secondary N) is 1. The molecular weight excluding hydrogens is 262 g/mol. The molecule has 0 saturated heterocycles. The average Bonchev–Trinajstić information content (AvgIpc) is 2.46. The summed E-state index contributed by atoms with van der Waals surface area (Å²) in [6.45, 7) is 0. The van der Waals surface area contributed by atoms with E-state index < -0.39 is 0 Å². The van der Waals surface area contributed by atoms with Gasteiger partial charge in [0.2, 0.25) is 0 Å². The first-order valence-electron chi connectivity index (χ1n) is 5.75. The van der Waals surface area contributed by atoms with Crippen molar-refractivity contribution in [2.24, 2.45) is 0 Å². The second kappa shape index (κ2) is 5.84. The fraction of sp³-hybridized carbons (Fsp3) is 0.214. The van der Waals surface area contributed by atoms with Crippen LogP contribution in [0.5, 0.6) is 11.5 Å². The maximum atomic E-state index is 11.8. The van der Waals surface area contributed by atoms with E-state index in [0.29, 0.717) is 22.8 Å². The number of benzene rings is 1. The summed E-state index contributed by atoms with van der Waals surface area (Å²) in [6.07, 6.45) is 0. The molecule has 5 heteroatoms. The fourth-order valence-corrected chi connectivity index (χ4v) is 2.05. The topological polar surface area (TPSA) is 51.3 Å². The molecule has 2 rings (SSSR count). The van der Waals surface area contributed by atoms with E-state index in [1.54, 1.807) is 26.4 Å². The van der Waals surface area contributed by atoms with Crippen LogP contribution in [0.3, 0.4) is 0 Å². The molecule has 0 unspecified atom stereocenters. The van der Waals surface area contributed by atoms with E-state index in [1.807, 2.05) is 18.2 Å². The highest BCUT2D eigenvalue weighted by molar-refractivity contribution is 7.79.